The third-order valence-corrected chi connectivity index (χ3v) is 3.34. The summed E-state index contributed by atoms with van der Waals surface area (Å²) in [4.78, 5) is 28.4. The Morgan fingerprint density at radius 1 is 1.09 bits per heavy atom. The zero-order valence-electron chi connectivity index (χ0n) is 11.9. The van der Waals surface area contributed by atoms with Crippen LogP contribution in [0.5, 0.6) is 11.5 Å². The molecule has 0 spiro atoms. The normalized spacial score (nSPS) is 17.2. The molecule has 0 amide bonds. The lowest BCUT2D eigenvalue weighted by molar-refractivity contribution is -0.135. The van der Waals surface area contributed by atoms with Gasteiger partial charge in [-0.05, 0) is 36.4 Å². The maximum atomic E-state index is 12.3. The zero-order valence-corrected chi connectivity index (χ0v) is 11.9. The Morgan fingerprint density at radius 3 is 2.55 bits per heavy atom. The topological polar surface area (TPSA) is 65.0 Å². The molecule has 5 nitrogen and oxygen atoms in total. The highest BCUT2D eigenvalue weighted by Crippen LogP contribution is 2.27. The van der Waals surface area contributed by atoms with Crippen molar-refractivity contribution in [1.82, 2.24) is 0 Å². The second-order valence-corrected chi connectivity index (χ2v) is 4.74. The Morgan fingerprint density at radius 2 is 1.82 bits per heavy atom. The number of esters is 1. The van der Waals surface area contributed by atoms with Gasteiger partial charge in [-0.1, -0.05) is 12.1 Å². The molecule has 0 saturated carbocycles. The van der Waals surface area contributed by atoms with Crippen LogP contribution in [-0.2, 0) is 4.79 Å². The predicted molar refractivity (Wildman–Crippen MR) is 81.0 cm³/mol. The van der Waals surface area contributed by atoms with E-state index in [0.717, 1.165) is 0 Å². The quantitative estimate of drug-likeness (QED) is 0.378. The Bertz CT molecular complexity index is 750. The number of fused-ring (bicyclic) bond motifs is 1. The monoisotopic (exact) mass is 295 g/mol. The number of rotatable bonds is 3. The van der Waals surface area contributed by atoms with E-state index in [2.05, 4.69) is 4.99 Å². The summed E-state index contributed by atoms with van der Waals surface area (Å²) in [6.45, 7) is 0. The van der Waals surface area contributed by atoms with Crippen molar-refractivity contribution in [2.75, 3.05) is 7.11 Å². The number of hydrogen-bond acceptors (Lipinski definition) is 5. The summed E-state index contributed by atoms with van der Waals surface area (Å²) in [7, 11) is 1.58. The molecule has 1 atom stereocenters. The van der Waals surface area contributed by atoms with E-state index in [-0.39, 0.29) is 5.78 Å². The van der Waals surface area contributed by atoms with E-state index in [4.69, 9.17) is 9.47 Å². The van der Waals surface area contributed by atoms with Crippen molar-refractivity contribution in [3.8, 4) is 11.5 Å². The van der Waals surface area contributed by atoms with Gasteiger partial charge < -0.3 is 9.47 Å². The van der Waals surface area contributed by atoms with Gasteiger partial charge in [0.15, 0.2) is 11.7 Å². The van der Waals surface area contributed by atoms with Crippen LogP contribution in [0.15, 0.2) is 53.5 Å². The summed E-state index contributed by atoms with van der Waals surface area (Å²) >= 11 is 0. The first-order valence-corrected chi connectivity index (χ1v) is 6.72. The van der Waals surface area contributed by atoms with Crippen LogP contribution >= 0.6 is 0 Å². The van der Waals surface area contributed by atoms with Gasteiger partial charge in [-0.25, -0.2) is 0 Å². The maximum absolute atomic E-state index is 12.3. The lowest BCUT2D eigenvalue weighted by Crippen LogP contribution is -2.34. The Balaban J connectivity index is 1.84. The van der Waals surface area contributed by atoms with Crippen LogP contribution in [0.25, 0.3) is 0 Å². The molecular weight excluding hydrogens is 282 g/mol. The fourth-order valence-electron chi connectivity index (χ4n) is 2.16. The van der Waals surface area contributed by atoms with Gasteiger partial charge in [-0.15, -0.1) is 0 Å². The predicted octanol–water partition coefficient (Wildman–Crippen LogP) is 2.82. The van der Waals surface area contributed by atoms with Gasteiger partial charge in [-0.2, -0.15) is 0 Å². The van der Waals surface area contributed by atoms with Crippen molar-refractivity contribution in [3.05, 3.63) is 54.1 Å². The minimum Gasteiger partial charge on any atom is -0.497 e. The molecule has 2 aromatic carbocycles. The number of ketones is 1. The van der Waals surface area contributed by atoms with Crippen molar-refractivity contribution >= 4 is 23.7 Å². The molecule has 0 bridgehead atoms. The molecule has 0 radical (unpaired) electrons. The van der Waals surface area contributed by atoms with E-state index in [1.165, 1.54) is 6.21 Å². The first kappa shape index (κ1) is 14.0. The minimum atomic E-state index is -1.02. The van der Waals surface area contributed by atoms with Crippen LogP contribution in [-0.4, -0.2) is 25.1 Å². The molecule has 22 heavy (non-hydrogen) atoms. The third-order valence-electron chi connectivity index (χ3n) is 3.34. The molecule has 3 rings (SSSR count). The number of Topliss-reactive ketones (excluding diaryl/α,β-unsaturated/α-hetero) is 1. The maximum Gasteiger partial charge on any atom is 0.327 e. The summed E-state index contributed by atoms with van der Waals surface area (Å²) in [5, 5.41) is 0. The van der Waals surface area contributed by atoms with Gasteiger partial charge in [0.1, 0.15) is 11.5 Å². The van der Waals surface area contributed by atoms with Gasteiger partial charge >= 0.3 is 5.97 Å². The number of carbonyl (C=O) groups is 2. The van der Waals surface area contributed by atoms with Crippen LogP contribution in [0.4, 0.5) is 5.69 Å². The molecule has 0 saturated heterocycles. The first-order chi connectivity index (χ1) is 10.7. The number of methoxy groups -OCH3 is 1. The first-order valence-electron chi connectivity index (χ1n) is 6.72. The Kier molecular flexibility index (Phi) is 3.70. The molecule has 5 heteroatoms. The average Bonchev–Trinajstić information content (AvgIpc) is 2.55. The molecule has 1 aliphatic rings. The summed E-state index contributed by atoms with van der Waals surface area (Å²) in [6, 6.07) is 13.7. The SMILES string of the molecule is COc1ccc(N=CC2C(=O)Oc3ccccc3C2=O)cc1. The average molecular weight is 295 g/mol. The van der Waals surface area contributed by atoms with Gasteiger partial charge in [0.2, 0.25) is 0 Å². The molecule has 1 aliphatic heterocycles. The van der Waals surface area contributed by atoms with Crippen LogP contribution < -0.4 is 9.47 Å². The highest BCUT2D eigenvalue weighted by Gasteiger charge is 2.34. The fourth-order valence-corrected chi connectivity index (χ4v) is 2.16. The van der Waals surface area contributed by atoms with E-state index >= 15 is 0 Å². The molecule has 1 heterocycles. The van der Waals surface area contributed by atoms with Crippen molar-refractivity contribution in [2.24, 2.45) is 10.9 Å². The van der Waals surface area contributed by atoms with Crippen molar-refractivity contribution < 1.29 is 19.1 Å². The third kappa shape index (κ3) is 2.61. The second kappa shape index (κ2) is 5.81. The van der Waals surface area contributed by atoms with Crippen molar-refractivity contribution in [1.29, 1.82) is 0 Å². The highest BCUT2D eigenvalue weighted by molar-refractivity contribution is 6.22. The number of nitrogens with zero attached hydrogens (tertiary/aromatic N) is 1. The molecule has 1 unspecified atom stereocenters. The fraction of sp³-hybridized carbons (Fsp3) is 0.118. The molecular formula is C17H13NO4. The summed E-state index contributed by atoms with van der Waals surface area (Å²) in [5.74, 6) is -0.922. The summed E-state index contributed by atoms with van der Waals surface area (Å²) < 4.78 is 10.2. The minimum absolute atomic E-state index is 0.298. The number of hydrogen-bond donors (Lipinski definition) is 0. The van der Waals surface area contributed by atoms with E-state index in [1.807, 2.05) is 0 Å². The van der Waals surface area contributed by atoms with Crippen LogP contribution in [0.2, 0.25) is 0 Å². The zero-order chi connectivity index (χ0) is 15.5. The van der Waals surface area contributed by atoms with Gasteiger partial charge in [0.05, 0.1) is 18.4 Å². The molecule has 0 N–H and O–H groups in total. The van der Waals surface area contributed by atoms with E-state index in [9.17, 15) is 9.59 Å². The molecule has 0 aliphatic carbocycles. The van der Waals surface area contributed by atoms with Crippen LogP contribution in [0, 0.1) is 5.92 Å². The highest BCUT2D eigenvalue weighted by atomic mass is 16.5. The van der Waals surface area contributed by atoms with Gasteiger partial charge in [0.25, 0.3) is 0 Å². The smallest absolute Gasteiger partial charge is 0.327 e. The number of para-hydroxylation sites is 1. The van der Waals surface area contributed by atoms with E-state index in [0.29, 0.717) is 22.7 Å². The number of carbonyl (C=O) groups excluding carboxylic acids is 2. The molecule has 2 aromatic rings. The van der Waals surface area contributed by atoms with Crippen molar-refractivity contribution in [2.45, 2.75) is 0 Å². The number of benzene rings is 2. The van der Waals surface area contributed by atoms with Gasteiger partial charge in [-0.3, -0.25) is 14.6 Å². The van der Waals surface area contributed by atoms with Crippen LogP contribution in [0.3, 0.4) is 0 Å². The molecule has 0 fully saturated rings. The molecule has 0 aromatic heterocycles. The van der Waals surface area contributed by atoms with Crippen LogP contribution in [0.1, 0.15) is 10.4 Å². The van der Waals surface area contributed by atoms with E-state index < -0.39 is 11.9 Å². The van der Waals surface area contributed by atoms with Gasteiger partial charge in [0, 0.05) is 6.21 Å². The standard InChI is InChI=1S/C17H13NO4/c1-21-12-8-6-11(7-9-12)18-10-14-16(19)13-4-2-3-5-15(13)22-17(14)20/h2-10,14H,1H3. The Hall–Kier alpha value is -2.95. The largest absolute Gasteiger partial charge is 0.497 e. The number of ether oxygens (including phenoxy) is 2. The van der Waals surface area contributed by atoms with E-state index in [1.54, 1.807) is 55.6 Å². The summed E-state index contributed by atoms with van der Waals surface area (Å²) in [6.07, 6.45) is 1.32. The molecule has 110 valence electrons. The lowest BCUT2D eigenvalue weighted by atomic mass is 9.95. The lowest BCUT2D eigenvalue weighted by Gasteiger charge is -2.19. The Labute approximate surface area is 127 Å². The summed E-state index contributed by atoms with van der Waals surface area (Å²) in [5.41, 5.74) is 1.02. The second-order valence-electron chi connectivity index (χ2n) is 4.74. The van der Waals surface area contributed by atoms with Crippen molar-refractivity contribution in [3.63, 3.8) is 0 Å². The number of aliphatic imine (C=N–C) groups is 1.